The molecule has 0 aromatic rings. The summed E-state index contributed by atoms with van der Waals surface area (Å²) in [6, 6.07) is 0. The minimum absolute atomic E-state index is 0.615. The number of carboxylic acid groups (broad SMARTS) is 1. The van der Waals surface area contributed by atoms with Crippen LogP contribution in [0.2, 0.25) is 0 Å². The lowest BCUT2D eigenvalue weighted by Crippen LogP contribution is -2.54. The van der Waals surface area contributed by atoms with Gasteiger partial charge in [0.05, 0.1) is 0 Å². The normalized spacial score (nSPS) is 25.6. The highest BCUT2D eigenvalue weighted by Gasteiger charge is 2.38. The fraction of sp³-hybridized carbons (Fsp3) is 0.929. The summed E-state index contributed by atoms with van der Waals surface area (Å²) in [5.41, 5.74) is -0.615. The zero-order valence-corrected chi connectivity index (χ0v) is 10.7. The maximum atomic E-state index is 11.6. The second-order valence-corrected chi connectivity index (χ2v) is 5.83. The van der Waals surface area contributed by atoms with Crippen LogP contribution < -0.4 is 5.32 Å². The number of rotatable bonds is 4. The van der Waals surface area contributed by atoms with Gasteiger partial charge in [-0.1, -0.05) is 38.5 Å². The maximum Gasteiger partial charge on any atom is 0.323 e. The Kier molecular flexibility index (Phi) is 4.43. The third-order valence-corrected chi connectivity index (χ3v) is 4.57. The van der Waals surface area contributed by atoms with E-state index in [2.05, 4.69) is 5.32 Å². The van der Waals surface area contributed by atoms with Crippen LogP contribution in [0.15, 0.2) is 0 Å². The topological polar surface area (TPSA) is 49.3 Å². The average Bonchev–Trinajstić information content (AvgIpc) is 2.18. The van der Waals surface area contributed by atoms with E-state index in [9.17, 15) is 9.90 Å². The van der Waals surface area contributed by atoms with Crippen LogP contribution in [0.4, 0.5) is 0 Å². The lowest BCUT2D eigenvalue weighted by atomic mass is 9.81. The Balaban J connectivity index is 1.92. The van der Waals surface area contributed by atoms with Crippen LogP contribution in [0.25, 0.3) is 0 Å². The van der Waals surface area contributed by atoms with Crippen LogP contribution in [-0.2, 0) is 4.79 Å². The minimum Gasteiger partial charge on any atom is -0.480 e. The van der Waals surface area contributed by atoms with Gasteiger partial charge in [0.25, 0.3) is 0 Å². The molecule has 3 heteroatoms. The highest BCUT2D eigenvalue weighted by molar-refractivity contribution is 5.78. The fourth-order valence-electron chi connectivity index (χ4n) is 3.01. The molecular weight excluding hydrogens is 214 g/mol. The molecule has 0 aromatic heterocycles. The number of carbonyl (C=O) groups is 1. The molecule has 98 valence electrons. The summed E-state index contributed by atoms with van der Waals surface area (Å²) in [5, 5.41) is 13.0. The van der Waals surface area contributed by atoms with Crippen molar-refractivity contribution in [2.45, 2.75) is 69.7 Å². The molecule has 2 N–H and O–H groups in total. The Bertz CT molecular complexity index is 253. The minimum atomic E-state index is -0.626. The van der Waals surface area contributed by atoms with Gasteiger partial charge in [0, 0.05) is 0 Å². The Hall–Kier alpha value is -0.570. The van der Waals surface area contributed by atoms with E-state index in [1.807, 2.05) is 0 Å². The fourth-order valence-corrected chi connectivity index (χ4v) is 3.01. The van der Waals surface area contributed by atoms with Crippen LogP contribution in [0.5, 0.6) is 0 Å². The number of nitrogens with one attached hydrogen (secondary N) is 1. The summed E-state index contributed by atoms with van der Waals surface area (Å²) >= 11 is 0. The molecule has 2 aliphatic carbocycles. The van der Waals surface area contributed by atoms with Gasteiger partial charge in [0.15, 0.2) is 0 Å². The predicted molar refractivity (Wildman–Crippen MR) is 68.0 cm³/mol. The van der Waals surface area contributed by atoms with Crippen molar-refractivity contribution in [3.63, 3.8) is 0 Å². The van der Waals surface area contributed by atoms with Crippen LogP contribution in [-0.4, -0.2) is 23.2 Å². The highest BCUT2D eigenvalue weighted by Crippen LogP contribution is 2.30. The number of hydrogen-bond donors (Lipinski definition) is 2. The van der Waals surface area contributed by atoms with Crippen molar-refractivity contribution in [2.75, 3.05) is 6.54 Å². The monoisotopic (exact) mass is 239 g/mol. The van der Waals surface area contributed by atoms with Crippen LogP contribution >= 0.6 is 0 Å². The molecule has 0 unspecified atom stereocenters. The standard InChI is InChI=1S/C14H25NO2/c16-13(17)14(15-11-12-7-6-8-12)9-4-2-1-3-5-10-14/h12,15H,1-11H2,(H,16,17). The van der Waals surface area contributed by atoms with Gasteiger partial charge in [-0.25, -0.2) is 0 Å². The molecule has 0 aliphatic heterocycles. The van der Waals surface area contributed by atoms with Gasteiger partial charge in [-0.3, -0.25) is 4.79 Å². The molecule has 0 atom stereocenters. The summed E-state index contributed by atoms with van der Waals surface area (Å²) in [5.74, 6) is 0.107. The first-order chi connectivity index (χ1) is 8.23. The Morgan fingerprint density at radius 3 is 2.12 bits per heavy atom. The van der Waals surface area contributed by atoms with Crippen LogP contribution in [0, 0.1) is 5.92 Å². The molecule has 2 aliphatic rings. The Morgan fingerprint density at radius 1 is 1.06 bits per heavy atom. The quantitative estimate of drug-likeness (QED) is 0.793. The smallest absolute Gasteiger partial charge is 0.323 e. The zero-order chi connectivity index (χ0) is 12.1. The van der Waals surface area contributed by atoms with Crippen molar-refractivity contribution in [3.8, 4) is 0 Å². The number of hydrogen-bond acceptors (Lipinski definition) is 2. The van der Waals surface area contributed by atoms with E-state index < -0.39 is 11.5 Å². The Labute approximate surface area is 104 Å². The molecule has 17 heavy (non-hydrogen) atoms. The largest absolute Gasteiger partial charge is 0.480 e. The number of carboxylic acids is 1. The number of aliphatic carboxylic acids is 1. The zero-order valence-electron chi connectivity index (χ0n) is 10.7. The molecule has 2 rings (SSSR count). The lowest BCUT2D eigenvalue weighted by molar-refractivity contribution is -0.146. The molecule has 0 aromatic carbocycles. The van der Waals surface area contributed by atoms with Crippen LogP contribution in [0.1, 0.15) is 64.2 Å². The van der Waals surface area contributed by atoms with Crippen molar-refractivity contribution in [1.82, 2.24) is 5.32 Å². The van der Waals surface area contributed by atoms with Crippen molar-refractivity contribution in [1.29, 1.82) is 0 Å². The summed E-state index contributed by atoms with van der Waals surface area (Å²) in [6.07, 6.45) is 11.3. The molecule has 0 saturated heterocycles. The van der Waals surface area contributed by atoms with Crippen molar-refractivity contribution in [3.05, 3.63) is 0 Å². The van der Waals surface area contributed by atoms with Gasteiger partial charge < -0.3 is 10.4 Å². The van der Waals surface area contributed by atoms with Gasteiger partial charge in [-0.15, -0.1) is 0 Å². The van der Waals surface area contributed by atoms with Gasteiger partial charge in [-0.05, 0) is 38.1 Å². The third kappa shape index (κ3) is 3.21. The lowest BCUT2D eigenvalue weighted by Gasteiger charge is -2.36. The molecule has 2 fully saturated rings. The predicted octanol–water partition coefficient (Wildman–Crippen LogP) is 2.94. The molecule has 0 amide bonds. The van der Waals surface area contributed by atoms with Crippen LogP contribution in [0.3, 0.4) is 0 Å². The van der Waals surface area contributed by atoms with Crippen molar-refractivity contribution in [2.24, 2.45) is 5.92 Å². The summed E-state index contributed by atoms with van der Waals surface area (Å²) in [4.78, 5) is 11.6. The Morgan fingerprint density at radius 2 is 1.65 bits per heavy atom. The molecule has 2 saturated carbocycles. The van der Waals surface area contributed by atoms with Gasteiger partial charge in [-0.2, -0.15) is 0 Å². The highest BCUT2D eigenvalue weighted by atomic mass is 16.4. The second kappa shape index (κ2) is 5.85. The van der Waals surface area contributed by atoms with E-state index >= 15 is 0 Å². The van der Waals surface area contributed by atoms with E-state index in [0.29, 0.717) is 0 Å². The van der Waals surface area contributed by atoms with Crippen molar-refractivity contribution >= 4 is 5.97 Å². The molecule has 0 radical (unpaired) electrons. The second-order valence-electron chi connectivity index (χ2n) is 5.83. The molecule has 0 heterocycles. The first-order valence-corrected chi connectivity index (χ1v) is 7.21. The average molecular weight is 239 g/mol. The molecule has 3 nitrogen and oxygen atoms in total. The summed E-state index contributed by atoms with van der Waals surface area (Å²) in [6.45, 7) is 0.909. The first-order valence-electron chi connectivity index (χ1n) is 7.21. The summed E-state index contributed by atoms with van der Waals surface area (Å²) < 4.78 is 0. The van der Waals surface area contributed by atoms with E-state index in [1.165, 1.54) is 38.5 Å². The van der Waals surface area contributed by atoms with Gasteiger partial charge in [0.2, 0.25) is 0 Å². The molecular formula is C14H25NO2. The van der Waals surface area contributed by atoms with E-state index in [1.54, 1.807) is 0 Å². The maximum absolute atomic E-state index is 11.6. The first kappa shape index (κ1) is 12.9. The summed E-state index contributed by atoms with van der Waals surface area (Å²) in [7, 11) is 0. The van der Waals surface area contributed by atoms with Gasteiger partial charge >= 0.3 is 5.97 Å². The van der Waals surface area contributed by atoms with E-state index in [4.69, 9.17) is 0 Å². The van der Waals surface area contributed by atoms with Gasteiger partial charge in [0.1, 0.15) is 5.54 Å². The van der Waals surface area contributed by atoms with Crippen molar-refractivity contribution < 1.29 is 9.90 Å². The molecule has 0 bridgehead atoms. The van der Waals surface area contributed by atoms with E-state index in [-0.39, 0.29) is 0 Å². The SMILES string of the molecule is O=C(O)C1(NCC2CCC2)CCCCCCC1. The molecule has 0 spiro atoms. The van der Waals surface area contributed by atoms with E-state index in [0.717, 1.165) is 38.1 Å². The third-order valence-electron chi connectivity index (χ3n) is 4.57.